The van der Waals surface area contributed by atoms with Gasteiger partial charge in [-0.3, -0.25) is 4.57 Å². The van der Waals surface area contributed by atoms with Crippen molar-refractivity contribution in [2.75, 3.05) is 5.73 Å². The fourth-order valence-corrected chi connectivity index (χ4v) is 2.53. The highest BCUT2D eigenvalue weighted by molar-refractivity contribution is 7.08. The minimum atomic E-state index is -0.476. The van der Waals surface area contributed by atoms with Gasteiger partial charge in [0.05, 0.1) is 21.7 Å². The van der Waals surface area contributed by atoms with Crippen molar-refractivity contribution in [2.24, 2.45) is 0 Å². The van der Waals surface area contributed by atoms with Gasteiger partial charge in [0.2, 0.25) is 5.95 Å². The standard InChI is InChI=1S/C11H7ClFN3S/c12-7-3-9-10(4-8(7)13)16(11(14)15-9)6-1-2-17-5-6/h1-5H,(H2,14,15). The summed E-state index contributed by atoms with van der Waals surface area (Å²) in [6.07, 6.45) is 0. The first kappa shape index (κ1) is 10.6. The van der Waals surface area contributed by atoms with Crippen molar-refractivity contribution in [3.8, 4) is 5.69 Å². The van der Waals surface area contributed by atoms with Gasteiger partial charge in [-0.1, -0.05) is 11.6 Å². The van der Waals surface area contributed by atoms with Crippen molar-refractivity contribution in [2.45, 2.75) is 0 Å². The third-order valence-electron chi connectivity index (χ3n) is 2.49. The number of aromatic nitrogens is 2. The average Bonchev–Trinajstić information content (AvgIpc) is 2.86. The molecule has 0 bridgehead atoms. The molecule has 17 heavy (non-hydrogen) atoms. The number of halogens is 2. The lowest BCUT2D eigenvalue weighted by Crippen LogP contribution is -1.99. The van der Waals surface area contributed by atoms with Crippen LogP contribution in [0.25, 0.3) is 16.7 Å². The third kappa shape index (κ3) is 1.59. The zero-order valence-corrected chi connectivity index (χ0v) is 10.1. The molecule has 3 aromatic rings. The zero-order chi connectivity index (χ0) is 12.0. The fourth-order valence-electron chi connectivity index (χ4n) is 1.75. The summed E-state index contributed by atoms with van der Waals surface area (Å²) in [5, 5.41) is 3.89. The number of hydrogen-bond donors (Lipinski definition) is 1. The largest absolute Gasteiger partial charge is 0.369 e. The van der Waals surface area contributed by atoms with Gasteiger partial charge < -0.3 is 5.73 Å². The SMILES string of the molecule is Nc1nc2cc(Cl)c(F)cc2n1-c1ccsc1. The van der Waals surface area contributed by atoms with E-state index in [0.29, 0.717) is 17.0 Å². The second-order valence-electron chi connectivity index (χ2n) is 3.54. The van der Waals surface area contributed by atoms with Crippen LogP contribution in [0.1, 0.15) is 0 Å². The lowest BCUT2D eigenvalue weighted by atomic mass is 10.3. The Bertz CT molecular complexity index is 690. The number of anilines is 1. The quantitative estimate of drug-likeness (QED) is 0.734. The molecule has 0 radical (unpaired) electrons. The maximum atomic E-state index is 13.5. The summed E-state index contributed by atoms with van der Waals surface area (Å²) in [4.78, 5) is 4.17. The number of nitrogens with zero attached hydrogens (tertiary/aromatic N) is 2. The van der Waals surface area contributed by atoms with Gasteiger partial charge in [-0.15, -0.1) is 0 Å². The molecule has 0 aliphatic heterocycles. The molecule has 0 amide bonds. The first-order chi connectivity index (χ1) is 8.16. The monoisotopic (exact) mass is 267 g/mol. The summed E-state index contributed by atoms with van der Waals surface area (Å²) in [5.74, 6) is -0.157. The summed E-state index contributed by atoms with van der Waals surface area (Å²) < 4.78 is 15.2. The van der Waals surface area contributed by atoms with Crippen LogP contribution >= 0.6 is 22.9 Å². The smallest absolute Gasteiger partial charge is 0.205 e. The Kier molecular flexibility index (Phi) is 2.31. The van der Waals surface area contributed by atoms with Crippen molar-refractivity contribution in [3.63, 3.8) is 0 Å². The number of nitrogen functional groups attached to an aromatic ring is 1. The van der Waals surface area contributed by atoms with Crippen LogP contribution in [-0.2, 0) is 0 Å². The van der Waals surface area contributed by atoms with Crippen molar-refractivity contribution in [3.05, 3.63) is 39.8 Å². The lowest BCUT2D eigenvalue weighted by Gasteiger charge is -2.03. The van der Waals surface area contributed by atoms with Crippen molar-refractivity contribution < 1.29 is 4.39 Å². The minimum Gasteiger partial charge on any atom is -0.369 e. The van der Waals surface area contributed by atoms with Crippen LogP contribution < -0.4 is 5.73 Å². The third-order valence-corrected chi connectivity index (χ3v) is 3.45. The van der Waals surface area contributed by atoms with Gasteiger partial charge in [0.1, 0.15) is 5.82 Å². The van der Waals surface area contributed by atoms with Crippen LogP contribution in [0.4, 0.5) is 10.3 Å². The van der Waals surface area contributed by atoms with Gasteiger partial charge in [-0.25, -0.2) is 9.37 Å². The van der Waals surface area contributed by atoms with E-state index in [-0.39, 0.29) is 5.02 Å². The highest BCUT2D eigenvalue weighted by Crippen LogP contribution is 2.28. The number of nitrogens with two attached hydrogens (primary N) is 1. The van der Waals surface area contributed by atoms with E-state index in [2.05, 4.69) is 4.98 Å². The summed E-state index contributed by atoms with van der Waals surface area (Å²) in [6, 6.07) is 4.72. The molecule has 2 heterocycles. The minimum absolute atomic E-state index is 0.0486. The molecule has 3 nitrogen and oxygen atoms in total. The molecule has 2 aromatic heterocycles. The van der Waals surface area contributed by atoms with Crippen LogP contribution in [0.2, 0.25) is 5.02 Å². The molecule has 3 rings (SSSR count). The maximum absolute atomic E-state index is 13.5. The molecule has 0 atom stereocenters. The fraction of sp³-hybridized carbons (Fsp3) is 0. The van der Waals surface area contributed by atoms with E-state index in [0.717, 1.165) is 5.69 Å². The normalized spacial score (nSPS) is 11.2. The van der Waals surface area contributed by atoms with Crippen LogP contribution in [0.5, 0.6) is 0 Å². The van der Waals surface area contributed by atoms with E-state index in [1.807, 2.05) is 16.8 Å². The number of benzene rings is 1. The molecule has 0 unspecified atom stereocenters. The predicted octanol–water partition coefficient (Wildman–Crippen LogP) is 3.46. The highest BCUT2D eigenvalue weighted by Gasteiger charge is 2.13. The Morgan fingerprint density at radius 3 is 2.94 bits per heavy atom. The lowest BCUT2D eigenvalue weighted by molar-refractivity contribution is 0.629. The zero-order valence-electron chi connectivity index (χ0n) is 8.52. The molecule has 0 aliphatic rings. The van der Waals surface area contributed by atoms with Crippen molar-refractivity contribution >= 4 is 39.9 Å². The van der Waals surface area contributed by atoms with Gasteiger partial charge in [-0.05, 0) is 17.5 Å². The first-order valence-corrected chi connectivity index (χ1v) is 6.14. The molecule has 1 aromatic carbocycles. The number of thiophene rings is 1. The van der Waals surface area contributed by atoms with E-state index in [9.17, 15) is 4.39 Å². The van der Waals surface area contributed by atoms with E-state index in [4.69, 9.17) is 17.3 Å². The van der Waals surface area contributed by atoms with Gasteiger partial charge in [0.15, 0.2) is 0 Å². The van der Waals surface area contributed by atoms with Crippen molar-refractivity contribution in [1.29, 1.82) is 0 Å². The Hall–Kier alpha value is -1.59. The van der Waals surface area contributed by atoms with E-state index < -0.39 is 5.82 Å². The average molecular weight is 268 g/mol. The molecule has 2 N–H and O–H groups in total. The summed E-state index contributed by atoms with van der Waals surface area (Å²) in [7, 11) is 0. The summed E-state index contributed by atoms with van der Waals surface area (Å²) in [5.41, 5.74) is 7.90. The predicted molar refractivity (Wildman–Crippen MR) is 68.3 cm³/mol. The second-order valence-corrected chi connectivity index (χ2v) is 4.73. The molecule has 0 aliphatic carbocycles. The molecule has 0 saturated heterocycles. The topological polar surface area (TPSA) is 43.8 Å². The number of imidazole rings is 1. The molecular formula is C11H7ClFN3S. The van der Waals surface area contributed by atoms with Crippen molar-refractivity contribution in [1.82, 2.24) is 9.55 Å². The Balaban J connectivity index is 2.38. The molecular weight excluding hydrogens is 261 g/mol. The molecule has 0 saturated carbocycles. The van der Waals surface area contributed by atoms with Crippen LogP contribution in [0.15, 0.2) is 29.0 Å². The Labute approximate surface area is 105 Å². The van der Waals surface area contributed by atoms with E-state index >= 15 is 0 Å². The first-order valence-electron chi connectivity index (χ1n) is 4.82. The molecule has 86 valence electrons. The van der Waals surface area contributed by atoms with Crippen LogP contribution in [0.3, 0.4) is 0 Å². The molecule has 0 spiro atoms. The Morgan fingerprint density at radius 2 is 2.24 bits per heavy atom. The second kappa shape index (κ2) is 3.72. The molecule has 6 heteroatoms. The van der Waals surface area contributed by atoms with Gasteiger partial charge in [0.25, 0.3) is 0 Å². The van der Waals surface area contributed by atoms with E-state index in [1.165, 1.54) is 23.5 Å². The number of rotatable bonds is 1. The van der Waals surface area contributed by atoms with Gasteiger partial charge in [0, 0.05) is 11.4 Å². The van der Waals surface area contributed by atoms with Gasteiger partial charge >= 0.3 is 0 Å². The number of fused-ring (bicyclic) bond motifs is 1. The maximum Gasteiger partial charge on any atom is 0.205 e. The van der Waals surface area contributed by atoms with Gasteiger partial charge in [-0.2, -0.15) is 11.3 Å². The number of hydrogen-bond acceptors (Lipinski definition) is 3. The van der Waals surface area contributed by atoms with Crippen LogP contribution in [0, 0.1) is 5.82 Å². The summed E-state index contributed by atoms with van der Waals surface area (Å²) >= 11 is 7.25. The van der Waals surface area contributed by atoms with E-state index in [1.54, 1.807) is 4.57 Å². The highest BCUT2D eigenvalue weighted by atomic mass is 35.5. The molecule has 0 fully saturated rings. The Morgan fingerprint density at radius 1 is 1.41 bits per heavy atom. The van der Waals surface area contributed by atoms with Crippen LogP contribution in [-0.4, -0.2) is 9.55 Å². The summed E-state index contributed by atoms with van der Waals surface area (Å²) in [6.45, 7) is 0.